The highest BCUT2D eigenvalue weighted by Crippen LogP contribution is 2.26. The lowest BCUT2D eigenvalue weighted by Gasteiger charge is -2.13. The van der Waals surface area contributed by atoms with Crippen LogP contribution in [0.4, 0.5) is 10.1 Å². The van der Waals surface area contributed by atoms with E-state index < -0.39 is 11.9 Å². The molecule has 1 atom stereocenters. The van der Waals surface area contributed by atoms with Gasteiger partial charge in [0, 0.05) is 37.5 Å². The van der Waals surface area contributed by atoms with E-state index in [1.54, 1.807) is 35.3 Å². The third kappa shape index (κ3) is 2.70. The smallest absolute Gasteiger partial charge is 0.255 e. The number of nitrogens with one attached hydrogen (secondary N) is 2. The van der Waals surface area contributed by atoms with Crippen molar-refractivity contribution < 1.29 is 9.18 Å². The van der Waals surface area contributed by atoms with Crippen LogP contribution in [0.1, 0.15) is 17.3 Å². The number of anilines is 1. The third-order valence-corrected chi connectivity index (χ3v) is 4.45. The second-order valence-corrected chi connectivity index (χ2v) is 6.05. The number of aryl methyl sites for hydroxylation is 1. The molecule has 8 heteroatoms. The quantitative estimate of drug-likeness (QED) is 0.748. The van der Waals surface area contributed by atoms with Crippen molar-refractivity contribution in [1.29, 1.82) is 0 Å². The minimum Gasteiger partial charge on any atom is -0.322 e. The normalized spacial score (nSPS) is 15.7. The van der Waals surface area contributed by atoms with E-state index in [4.69, 9.17) is 0 Å². The molecule has 0 aliphatic carbocycles. The molecule has 3 aromatic rings. The first-order chi connectivity index (χ1) is 12.5. The molecule has 0 radical (unpaired) electrons. The van der Waals surface area contributed by atoms with Crippen molar-refractivity contribution in [3.05, 3.63) is 76.2 Å². The average Bonchev–Trinajstić information content (AvgIpc) is 3.20. The summed E-state index contributed by atoms with van der Waals surface area (Å²) in [4.78, 5) is 24.4. The van der Waals surface area contributed by atoms with Crippen molar-refractivity contribution >= 4 is 11.6 Å². The molecule has 2 aromatic heterocycles. The minimum atomic E-state index is -0.615. The Kier molecular flexibility index (Phi) is 3.89. The van der Waals surface area contributed by atoms with Gasteiger partial charge in [-0.3, -0.25) is 24.2 Å². The Balaban J connectivity index is 1.57. The maximum absolute atomic E-state index is 14.4. The van der Waals surface area contributed by atoms with Gasteiger partial charge in [-0.15, -0.1) is 0 Å². The van der Waals surface area contributed by atoms with Crippen LogP contribution in [0.2, 0.25) is 0 Å². The molecule has 0 unspecified atom stereocenters. The van der Waals surface area contributed by atoms with Crippen LogP contribution >= 0.6 is 0 Å². The number of aromatic nitrogens is 3. The highest BCUT2D eigenvalue weighted by molar-refractivity contribution is 5.96. The van der Waals surface area contributed by atoms with Crippen LogP contribution in [0.5, 0.6) is 0 Å². The number of fused-ring (bicyclic) bond motifs is 1. The van der Waals surface area contributed by atoms with E-state index in [1.807, 2.05) is 7.05 Å². The summed E-state index contributed by atoms with van der Waals surface area (Å²) in [5.74, 6) is -0.976. The Labute approximate surface area is 148 Å². The molecule has 0 saturated heterocycles. The van der Waals surface area contributed by atoms with Gasteiger partial charge in [0.15, 0.2) is 0 Å². The Morgan fingerprint density at radius 3 is 2.96 bits per heavy atom. The molecule has 1 aliphatic heterocycles. The summed E-state index contributed by atoms with van der Waals surface area (Å²) < 4.78 is 17.5. The van der Waals surface area contributed by atoms with E-state index >= 15 is 0 Å². The Bertz CT molecular complexity index is 1060. The summed E-state index contributed by atoms with van der Waals surface area (Å²) in [6, 6.07) is 8.37. The van der Waals surface area contributed by atoms with Gasteiger partial charge in [0.2, 0.25) is 5.91 Å². The van der Waals surface area contributed by atoms with E-state index in [0.29, 0.717) is 12.2 Å². The van der Waals surface area contributed by atoms with Gasteiger partial charge >= 0.3 is 0 Å². The molecule has 0 fully saturated rings. The first-order valence-electron chi connectivity index (χ1n) is 8.07. The Hall–Kier alpha value is -3.26. The Morgan fingerprint density at radius 1 is 1.35 bits per heavy atom. The van der Waals surface area contributed by atoms with E-state index in [0.717, 1.165) is 11.3 Å². The average molecular weight is 353 g/mol. The lowest BCUT2D eigenvalue weighted by molar-refractivity contribution is -0.118. The van der Waals surface area contributed by atoms with Crippen molar-refractivity contribution in [2.45, 2.75) is 12.6 Å². The van der Waals surface area contributed by atoms with Crippen molar-refractivity contribution in [3.63, 3.8) is 0 Å². The molecule has 0 spiro atoms. The van der Waals surface area contributed by atoms with Crippen LogP contribution in [-0.4, -0.2) is 20.3 Å². The van der Waals surface area contributed by atoms with Gasteiger partial charge in [0.1, 0.15) is 11.9 Å². The fraction of sp³-hybridized carbons (Fsp3) is 0.167. The highest BCUT2D eigenvalue weighted by Gasteiger charge is 2.31. The molecule has 1 aliphatic rings. The molecule has 0 saturated carbocycles. The number of nitrogens with zero attached hydrogens (tertiary/aromatic N) is 3. The second-order valence-electron chi connectivity index (χ2n) is 6.05. The van der Waals surface area contributed by atoms with Gasteiger partial charge in [-0.2, -0.15) is 5.10 Å². The molecule has 4 rings (SSSR count). The zero-order valence-electron chi connectivity index (χ0n) is 13.9. The molecular formula is C18H16FN5O2. The number of carbonyl (C=O) groups excluding carboxylic acids is 1. The van der Waals surface area contributed by atoms with Gasteiger partial charge in [0.25, 0.3) is 5.56 Å². The lowest BCUT2D eigenvalue weighted by Crippen LogP contribution is -2.28. The largest absolute Gasteiger partial charge is 0.322 e. The second kappa shape index (κ2) is 6.23. The summed E-state index contributed by atoms with van der Waals surface area (Å²) in [6.45, 7) is 0.530. The highest BCUT2D eigenvalue weighted by atomic mass is 19.1. The number of hydrogen-bond donors (Lipinski definition) is 2. The van der Waals surface area contributed by atoms with Crippen LogP contribution in [-0.2, 0) is 18.4 Å². The van der Waals surface area contributed by atoms with Gasteiger partial charge < -0.3 is 5.32 Å². The van der Waals surface area contributed by atoms with Crippen LogP contribution in [0, 0.1) is 5.82 Å². The van der Waals surface area contributed by atoms with Crippen molar-refractivity contribution in [2.75, 3.05) is 5.32 Å². The summed E-state index contributed by atoms with van der Waals surface area (Å²) in [5, 5.41) is 9.82. The molecule has 0 bridgehead atoms. The standard InChI is InChI=1S/C18H16FN5O2/c1-23-15-10-20-17(12(15)9-21-23)18(26)22-14-6-5-11(8-13(14)19)24-7-3-2-4-16(24)25/h2-9,17,20H,10H2,1H3,(H,22,26)/t17-/m0/s1. The van der Waals surface area contributed by atoms with Gasteiger partial charge in [-0.05, 0) is 18.2 Å². The monoisotopic (exact) mass is 353 g/mol. The van der Waals surface area contributed by atoms with Gasteiger partial charge in [-0.1, -0.05) is 6.07 Å². The Morgan fingerprint density at radius 2 is 2.19 bits per heavy atom. The van der Waals surface area contributed by atoms with E-state index in [-0.39, 0.29) is 17.2 Å². The predicted molar refractivity (Wildman–Crippen MR) is 93.4 cm³/mol. The maximum Gasteiger partial charge on any atom is 0.255 e. The van der Waals surface area contributed by atoms with Gasteiger partial charge in [-0.25, -0.2) is 4.39 Å². The van der Waals surface area contributed by atoms with E-state index in [9.17, 15) is 14.0 Å². The molecule has 26 heavy (non-hydrogen) atoms. The lowest BCUT2D eigenvalue weighted by atomic mass is 10.1. The summed E-state index contributed by atoms with van der Waals surface area (Å²) in [7, 11) is 1.81. The fourth-order valence-corrected chi connectivity index (χ4v) is 3.08. The van der Waals surface area contributed by atoms with Crippen LogP contribution in [0.3, 0.4) is 0 Å². The zero-order valence-corrected chi connectivity index (χ0v) is 13.9. The molecular weight excluding hydrogens is 337 g/mol. The van der Waals surface area contributed by atoms with Crippen molar-refractivity contribution in [2.24, 2.45) is 7.05 Å². The number of amides is 1. The molecule has 132 valence electrons. The molecule has 1 aromatic carbocycles. The SMILES string of the molecule is Cn1ncc2c1CN[C@@H]2C(=O)Nc1ccc(-n2ccccc2=O)cc1F. The number of pyridine rings is 1. The van der Waals surface area contributed by atoms with E-state index in [1.165, 1.54) is 22.8 Å². The summed E-state index contributed by atoms with van der Waals surface area (Å²) in [6.07, 6.45) is 3.20. The molecule has 2 N–H and O–H groups in total. The van der Waals surface area contributed by atoms with Crippen LogP contribution < -0.4 is 16.2 Å². The predicted octanol–water partition coefficient (Wildman–Crippen LogP) is 1.49. The molecule has 3 heterocycles. The zero-order chi connectivity index (χ0) is 18.3. The van der Waals surface area contributed by atoms with Crippen molar-refractivity contribution in [1.82, 2.24) is 19.7 Å². The topological polar surface area (TPSA) is 81.0 Å². The number of rotatable bonds is 3. The maximum atomic E-state index is 14.4. The number of hydrogen-bond acceptors (Lipinski definition) is 4. The van der Waals surface area contributed by atoms with Crippen LogP contribution in [0.25, 0.3) is 5.69 Å². The summed E-state index contributed by atoms with van der Waals surface area (Å²) >= 11 is 0. The van der Waals surface area contributed by atoms with E-state index in [2.05, 4.69) is 15.7 Å². The molecule has 7 nitrogen and oxygen atoms in total. The van der Waals surface area contributed by atoms with Crippen LogP contribution in [0.15, 0.2) is 53.6 Å². The van der Waals surface area contributed by atoms with Crippen molar-refractivity contribution in [3.8, 4) is 5.69 Å². The number of benzene rings is 1. The fourth-order valence-electron chi connectivity index (χ4n) is 3.08. The molecule has 1 amide bonds. The van der Waals surface area contributed by atoms with Gasteiger partial charge in [0.05, 0.1) is 23.3 Å². The third-order valence-electron chi connectivity index (χ3n) is 4.45. The first-order valence-corrected chi connectivity index (χ1v) is 8.07. The first kappa shape index (κ1) is 16.2. The number of carbonyl (C=O) groups is 1. The number of halogens is 1. The minimum absolute atomic E-state index is 0.0573. The summed E-state index contributed by atoms with van der Waals surface area (Å²) in [5.41, 5.74) is 1.91.